The summed E-state index contributed by atoms with van der Waals surface area (Å²) in [6, 6.07) is 10.9. The lowest BCUT2D eigenvalue weighted by Crippen LogP contribution is -2.68. The van der Waals surface area contributed by atoms with Crippen molar-refractivity contribution in [2.45, 2.75) is 69.9 Å². The molecule has 0 radical (unpaired) electrons. The predicted octanol–water partition coefficient (Wildman–Crippen LogP) is 3.56. The minimum Gasteiger partial charge on any atom is -0.507 e. The van der Waals surface area contributed by atoms with Crippen LogP contribution in [-0.4, -0.2) is 83.5 Å². The molecule has 12 heteroatoms. The maximum absolute atomic E-state index is 13.5. The van der Waals surface area contributed by atoms with Crippen LogP contribution < -0.4 is 24.8 Å². The highest BCUT2D eigenvalue weighted by molar-refractivity contribution is 5.95. The van der Waals surface area contributed by atoms with E-state index in [0.717, 1.165) is 22.3 Å². The van der Waals surface area contributed by atoms with Gasteiger partial charge in [-0.3, -0.25) is 19.4 Å². The van der Waals surface area contributed by atoms with E-state index in [4.69, 9.17) is 14.2 Å². The van der Waals surface area contributed by atoms with E-state index in [9.17, 15) is 25.1 Å². The lowest BCUT2D eigenvalue weighted by atomic mass is 9.71. The van der Waals surface area contributed by atoms with Gasteiger partial charge in [0.15, 0.2) is 23.0 Å². The van der Waals surface area contributed by atoms with Gasteiger partial charge in [0.1, 0.15) is 17.8 Å². The van der Waals surface area contributed by atoms with Crippen LogP contribution in [0.15, 0.2) is 42.5 Å². The van der Waals surface area contributed by atoms with Gasteiger partial charge in [0.05, 0.1) is 25.3 Å². The summed E-state index contributed by atoms with van der Waals surface area (Å²) in [7, 11) is 3.50. The molecule has 1 fully saturated rings. The van der Waals surface area contributed by atoms with Gasteiger partial charge in [-0.25, -0.2) is 0 Å². The van der Waals surface area contributed by atoms with Gasteiger partial charge in [0.2, 0.25) is 18.6 Å². The van der Waals surface area contributed by atoms with Crippen LogP contribution in [0.4, 0.5) is 0 Å². The lowest BCUT2D eigenvalue weighted by Gasteiger charge is -2.60. The largest absolute Gasteiger partial charge is 0.507 e. The Morgan fingerprint density at radius 2 is 1.84 bits per heavy atom. The summed E-state index contributed by atoms with van der Waals surface area (Å²) in [6.45, 7) is 5.31. The fourth-order valence-corrected chi connectivity index (χ4v) is 8.46. The van der Waals surface area contributed by atoms with Crippen LogP contribution in [0.2, 0.25) is 0 Å². The number of aromatic hydroxyl groups is 2. The molecule has 2 amide bonds. The predicted molar refractivity (Wildman–Crippen MR) is 184 cm³/mol. The molecule has 6 atom stereocenters. The molecule has 1 saturated heterocycles. The molecule has 0 saturated carbocycles. The molecular formula is C38H41N5O7. The van der Waals surface area contributed by atoms with Gasteiger partial charge in [-0.2, -0.15) is 5.26 Å². The number of amides is 2. The smallest absolute Gasteiger partial charge is 0.244 e. The zero-order valence-corrected chi connectivity index (χ0v) is 28.7. The number of carbonyl (C=O) groups excluding carboxylic acids is 2. The van der Waals surface area contributed by atoms with Gasteiger partial charge in [-0.15, -0.1) is 0 Å². The molecular weight excluding hydrogens is 638 g/mol. The number of phenolic OH excluding ortho intramolecular Hbond substituents is 2. The van der Waals surface area contributed by atoms with E-state index >= 15 is 0 Å². The third-order valence-corrected chi connectivity index (χ3v) is 10.7. The van der Waals surface area contributed by atoms with Crippen molar-refractivity contribution in [3.05, 3.63) is 81.4 Å². The van der Waals surface area contributed by atoms with Crippen LogP contribution in [-0.2, 0) is 22.4 Å². The van der Waals surface area contributed by atoms with Gasteiger partial charge in [0.25, 0.3) is 0 Å². The molecule has 3 aromatic carbocycles. The molecule has 50 heavy (non-hydrogen) atoms. The molecule has 0 aliphatic carbocycles. The number of carbonyl (C=O) groups is 2. The van der Waals surface area contributed by atoms with Crippen molar-refractivity contribution in [1.29, 1.82) is 5.26 Å². The molecule has 7 rings (SSSR count). The van der Waals surface area contributed by atoms with Crippen molar-refractivity contribution in [2.75, 3.05) is 27.5 Å². The Labute approximate surface area is 290 Å². The maximum Gasteiger partial charge on any atom is 0.244 e. The number of methoxy groups -OCH3 is 1. The first-order valence-electron chi connectivity index (χ1n) is 16.8. The molecule has 260 valence electrons. The first kappa shape index (κ1) is 33.3. The van der Waals surface area contributed by atoms with Crippen LogP contribution in [0.25, 0.3) is 6.08 Å². The molecule has 4 N–H and O–H groups in total. The molecule has 0 spiro atoms. The highest BCUT2D eigenvalue weighted by atomic mass is 16.7. The first-order chi connectivity index (χ1) is 24.0. The summed E-state index contributed by atoms with van der Waals surface area (Å²) in [5, 5.41) is 39.9. The van der Waals surface area contributed by atoms with Crippen LogP contribution in [0, 0.1) is 25.2 Å². The van der Waals surface area contributed by atoms with E-state index in [-0.39, 0.29) is 36.9 Å². The van der Waals surface area contributed by atoms with Crippen LogP contribution >= 0.6 is 0 Å². The topological polar surface area (TPSA) is 157 Å². The minimum absolute atomic E-state index is 0.0236. The average molecular weight is 680 g/mol. The third kappa shape index (κ3) is 5.28. The second kappa shape index (κ2) is 12.9. The summed E-state index contributed by atoms with van der Waals surface area (Å²) in [6.07, 6.45) is 3.93. The number of phenols is 2. The van der Waals surface area contributed by atoms with Crippen LogP contribution in [0.1, 0.15) is 58.0 Å². The fraction of sp³-hybridized carbons (Fsp3) is 0.395. The standard InChI is InChI=1S/C38H41N5O7/c1-19-13-23-14-25-27(16-39)43-26(32(42(25)4)30(23)34(46)35(19)48-5)15-24-31(37-36(49-18-50-37)20(2)33(24)45)28(43)17-40-38(47)21(3)41-29(44)12-11-22-9-7-6-8-10-22/h6-13,21,25-28,32,45-46H,14-15,17-18H2,1-5H3,(H,40,47)(H,41,44)/b12-11+/t21-,25-,26?,27-,28-,32+/m0/s1. The molecule has 4 aliphatic rings. The molecule has 0 aromatic heterocycles. The quantitative estimate of drug-likeness (QED) is 0.273. The number of hydrogen-bond donors (Lipinski definition) is 4. The monoisotopic (exact) mass is 679 g/mol. The summed E-state index contributed by atoms with van der Waals surface area (Å²) in [5.74, 6) is 0.651. The molecule has 3 aromatic rings. The highest BCUT2D eigenvalue weighted by Gasteiger charge is 2.56. The zero-order chi connectivity index (χ0) is 35.4. The van der Waals surface area contributed by atoms with Gasteiger partial charge in [-0.1, -0.05) is 36.4 Å². The number of ether oxygens (including phenoxy) is 3. The van der Waals surface area contributed by atoms with Gasteiger partial charge in [-0.05, 0) is 63.4 Å². The van der Waals surface area contributed by atoms with Crippen molar-refractivity contribution < 1.29 is 34.0 Å². The number of nitrogens with zero attached hydrogens (tertiary/aromatic N) is 3. The molecule has 4 aliphatic heterocycles. The van der Waals surface area contributed by atoms with Crippen molar-refractivity contribution in [2.24, 2.45) is 0 Å². The van der Waals surface area contributed by atoms with Crippen molar-refractivity contribution in [3.63, 3.8) is 0 Å². The molecule has 1 unspecified atom stereocenters. The number of hydrogen-bond acceptors (Lipinski definition) is 10. The number of rotatable bonds is 7. The normalized spacial score (nSPS) is 24.0. The fourth-order valence-electron chi connectivity index (χ4n) is 8.46. The summed E-state index contributed by atoms with van der Waals surface area (Å²) in [4.78, 5) is 30.5. The number of piperazine rings is 1. The van der Waals surface area contributed by atoms with Crippen LogP contribution in [0.5, 0.6) is 28.7 Å². The SMILES string of the molecule is COc1c(C)cc2c(c1O)[C@H]1C3Cc4c(O)c(C)c5c(c4[C@H](CNC(=O)[C@H](C)NC(=O)/C=C/c4ccccc4)N3[C@@H](C#N)[C@H](C2)N1C)OCO5. The number of likely N-dealkylation sites (N-methyl/N-ethyl adjacent to an activating group) is 1. The van der Waals surface area contributed by atoms with E-state index in [1.807, 2.05) is 50.4 Å². The van der Waals surface area contributed by atoms with Crippen molar-refractivity contribution in [1.82, 2.24) is 20.4 Å². The van der Waals surface area contributed by atoms with Crippen molar-refractivity contribution in [3.8, 4) is 34.8 Å². The number of nitrogens with one attached hydrogen (secondary N) is 2. The number of benzene rings is 3. The van der Waals surface area contributed by atoms with Gasteiger partial charge in [0, 0.05) is 47.0 Å². The Kier molecular flexibility index (Phi) is 8.58. The van der Waals surface area contributed by atoms with E-state index in [2.05, 4.69) is 26.5 Å². The van der Waals surface area contributed by atoms with E-state index < -0.39 is 36.0 Å². The Bertz CT molecular complexity index is 1940. The summed E-state index contributed by atoms with van der Waals surface area (Å²) in [5.41, 5.74) is 5.22. The van der Waals surface area contributed by atoms with E-state index in [1.165, 1.54) is 13.2 Å². The van der Waals surface area contributed by atoms with E-state index in [0.29, 0.717) is 46.8 Å². The first-order valence-corrected chi connectivity index (χ1v) is 16.8. The van der Waals surface area contributed by atoms with Gasteiger partial charge < -0.3 is 35.1 Å². The zero-order valence-electron chi connectivity index (χ0n) is 28.7. The van der Waals surface area contributed by atoms with Crippen LogP contribution in [0.3, 0.4) is 0 Å². The highest BCUT2D eigenvalue weighted by Crippen LogP contribution is 2.58. The summed E-state index contributed by atoms with van der Waals surface area (Å²) < 4.78 is 17.5. The second-order valence-electron chi connectivity index (χ2n) is 13.5. The Morgan fingerprint density at radius 1 is 1.10 bits per heavy atom. The average Bonchev–Trinajstić information content (AvgIpc) is 3.59. The number of aryl methyl sites for hydroxylation is 1. The lowest BCUT2D eigenvalue weighted by molar-refractivity contribution is -0.127. The second-order valence-corrected chi connectivity index (χ2v) is 13.5. The minimum atomic E-state index is -0.864. The molecule has 4 heterocycles. The maximum atomic E-state index is 13.5. The Hall–Kier alpha value is -5.25. The Balaban J connectivity index is 1.26. The van der Waals surface area contributed by atoms with Gasteiger partial charge >= 0.3 is 0 Å². The Morgan fingerprint density at radius 3 is 2.56 bits per heavy atom. The number of nitriles is 1. The van der Waals surface area contributed by atoms with Crippen molar-refractivity contribution >= 4 is 17.9 Å². The molecule has 12 nitrogen and oxygen atoms in total. The number of fused-ring (bicyclic) bond motifs is 9. The summed E-state index contributed by atoms with van der Waals surface area (Å²) >= 11 is 0. The third-order valence-electron chi connectivity index (χ3n) is 10.7. The van der Waals surface area contributed by atoms with E-state index in [1.54, 1.807) is 19.9 Å². The molecule has 2 bridgehead atoms.